The minimum Gasteiger partial charge on any atom is -0.456 e. The van der Waals surface area contributed by atoms with Crippen molar-refractivity contribution >= 4 is 24.7 Å². The van der Waals surface area contributed by atoms with Gasteiger partial charge in [-0.2, -0.15) is 0 Å². The number of hydrogen-bond acceptors (Lipinski definition) is 5. The van der Waals surface area contributed by atoms with Crippen molar-refractivity contribution in [2.75, 3.05) is 13.7 Å². The number of esters is 1. The normalized spacial score (nSPS) is 20.3. The quantitative estimate of drug-likeness (QED) is 0.324. The van der Waals surface area contributed by atoms with Crippen LogP contribution in [0.4, 0.5) is 0 Å². The number of aryl methyl sites for hydroxylation is 1. The Morgan fingerprint density at radius 3 is 1.97 bits per heavy atom. The predicted octanol–water partition coefficient (Wildman–Crippen LogP) is 4.86. The van der Waals surface area contributed by atoms with Gasteiger partial charge in [0.2, 0.25) is 0 Å². The highest BCUT2D eigenvalue weighted by Crippen LogP contribution is 2.37. The summed E-state index contributed by atoms with van der Waals surface area (Å²) in [5.74, 6) is -0.365. The molecular weight excluding hydrogens is 468 g/mol. The van der Waals surface area contributed by atoms with E-state index < -0.39 is 26.8 Å². The van der Waals surface area contributed by atoms with Crippen LogP contribution in [0.2, 0.25) is 5.04 Å². The molecule has 6 heteroatoms. The van der Waals surface area contributed by atoms with Crippen LogP contribution < -0.4 is 10.4 Å². The number of ether oxygens (including phenoxy) is 3. The Hall–Kier alpha value is -2.77. The van der Waals surface area contributed by atoms with Gasteiger partial charge < -0.3 is 18.6 Å². The molecule has 0 N–H and O–H groups in total. The molecule has 36 heavy (non-hydrogen) atoms. The fourth-order valence-corrected chi connectivity index (χ4v) is 9.54. The summed E-state index contributed by atoms with van der Waals surface area (Å²) in [5, 5.41) is 2.22. The lowest BCUT2D eigenvalue weighted by atomic mass is 10.1. The van der Waals surface area contributed by atoms with Crippen LogP contribution in [0.25, 0.3) is 0 Å². The highest BCUT2D eigenvalue weighted by atomic mass is 28.4. The van der Waals surface area contributed by atoms with Gasteiger partial charge in [-0.3, -0.25) is 0 Å². The lowest BCUT2D eigenvalue weighted by Crippen LogP contribution is -2.67. The third-order valence-electron chi connectivity index (χ3n) is 6.86. The van der Waals surface area contributed by atoms with Crippen molar-refractivity contribution < 1.29 is 23.4 Å². The molecule has 0 spiro atoms. The Balaban J connectivity index is 1.62. The molecule has 0 unspecified atom stereocenters. The van der Waals surface area contributed by atoms with E-state index in [-0.39, 0.29) is 11.0 Å². The van der Waals surface area contributed by atoms with Gasteiger partial charge >= 0.3 is 5.97 Å². The van der Waals surface area contributed by atoms with Crippen molar-refractivity contribution in [1.82, 2.24) is 0 Å². The van der Waals surface area contributed by atoms with E-state index in [1.54, 1.807) is 19.2 Å². The SMILES string of the molecule is CO[C@@H]1C[C@H](OC(=O)c2ccc(C)cc2)[C@@H](CO[Si](c2ccccc2)(c2ccccc2)C(C)(C)C)O1. The van der Waals surface area contributed by atoms with E-state index in [2.05, 4.69) is 69.3 Å². The second kappa shape index (κ2) is 11.1. The first-order valence-electron chi connectivity index (χ1n) is 12.5. The number of carbonyl (C=O) groups is 1. The van der Waals surface area contributed by atoms with E-state index in [4.69, 9.17) is 18.6 Å². The molecule has 190 valence electrons. The first-order chi connectivity index (χ1) is 17.2. The summed E-state index contributed by atoms with van der Waals surface area (Å²) in [5.41, 5.74) is 1.61. The van der Waals surface area contributed by atoms with Crippen molar-refractivity contribution in [2.24, 2.45) is 0 Å². The topological polar surface area (TPSA) is 54.0 Å². The zero-order valence-electron chi connectivity index (χ0n) is 21.8. The largest absolute Gasteiger partial charge is 0.456 e. The van der Waals surface area contributed by atoms with Crippen molar-refractivity contribution in [1.29, 1.82) is 0 Å². The van der Waals surface area contributed by atoms with Crippen molar-refractivity contribution in [2.45, 2.75) is 57.7 Å². The molecular formula is C30H36O5Si. The summed E-state index contributed by atoms with van der Waals surface area (Å²) in [6.07, 6.45) is -0.899. The molecule has 0 amide bonds. The zero-order chi connectivity index (χ0) is 25.8. The van der Waals surface area contributed by atoms with Crippen LogP contribution in [0.5, 0.6) is 0 Å². The van der Waals surface area contributed by atoms with Gasteiger partial charge in [-0.15, -0.1) is 0 Å². The molecule has 3 aromatic carbocycles. The molecule has 0 saturated carbocycles. The fraction of sp³-hybridized carbons (Fsp3) is 0.367. The summed E-state index contributed by atoms with van der Waals surface area (Å²) in [6.45, 7) is 8.99. The summed E-state index contributed by atoms with van der Waals surface area (Å²) < 4.78 is 24.6. The number of benzene rings is 3. The van der Waals surface area contributed by atoms with Crippen LogP contribution in [-0.2, 0) is 18.6 Å². The molecule has 3 atom stereocenters. The third-order valence-corrected chi connectivity index (χ3v) is 11.9. The first kappa shape index (κ1) is 26.3. The van der Waals surface area contributed by atoms with Crippen molar-refractivity contribution in [3.63, 3.8) is 0 Å². The highest BCUT2D eigenvalue weighted by molar-refractivity contribution is 6.99. The lowest BCUT2D eigenvalue weighted by Gasteiger charge is -2.43. The number of methoxy groups -OCH3 is 1. The van der Waals surface area contributed by atoms with Gasteiger partial charge in [-0.25, -0.2) is 4.79 Å². The van der Waals surface area contributed by atoms with Gasteiger partial charge in [-0.1, -0.05) is 99.1 Å². The van der Waals surface area contributed by atoms with Gasteiger partial charge in [-0.05, 0) is 34.5 Å². The fourth-order valence-electron chi connectivity index (χ4n) is 4.97. The molecule has 1 saturated heterocycles. The summed E-state index contributed by atoms with van der Waals surface area (Å²) in [6, 6.07) is 28.3. The maximum atomic E-state index is 12.9. The lowest BCUT2D eigenvalue weighted by molar-refractivity contribution is -0.126. The molecule has 3 aromatic rings. The Morgan fingerprint density at radius 1 is 0.917 bits per heavy atom. The molecule has 0 radical (unpaired) electrons. The van der Waals surface area contributed by atoms with Gasteiger partial charge in [0.05, 0.1) is 12.2 Å². The van der Waals surface area contributed by atoms with Gasteiger partial charge in [0.1, 0.15) is 12.2 Å². The maximum absolute atomic E-state index is 12.9. The van der Waals surface area contributed by atoms with E-state index >= 15 is 0 Å². The van der Waals surface area contributed by atoms with E-state index in [1.807, 2.05) is 31.2 Å². The average Bonchev–Trinajstić information content (AvgIpc) is 3.27. The molecule has 1 aliphatic rings. The molecule has 1 aliphatic heterocycles. The van der Waals surface area contributed by atoms with Crippen LogP contribution in [0.3, 0.4) is 0 Å². The van der Waals surface area contributed by atoms with Crippen LogP contribution in [0.1, 0.15) is 43.1 Å². The predicted molar refractivity (Wildman–Crippen MR) is 144 cm³/mol. The monoisotopic (exact) mass is 504 g/mol. The van der Waals surface area contributed by atoms with E-state index in [9.17, 15) is 4.79 Å². The summed E-state index contributed by atoms with van der Waals surface area (Å²) in [4.78, 5) is 12.9. The zero-order valence-corrected chi connectivity index (χ0v) is 22.8. The maximum Gasteiger partial charge on any atom is 0.338 e. The molecule has 4 rings (SSSR count). The molecule has 1 fully saturated rings. The third kappa shape index (κ3) is 5.47. The molecule has 5 nitrogen and oxygen atoms in total. The second-order valence-electron chi connectivity index (χ2n) is 10.4. The Kier molecular flexibility index (Phi) is 8.10. The Morgan fingerprint density at radius 2 is 1.47 bits per heavy atom. The van der Waals surface area contributed by atoms with Crippen LogP contribution >= 0.6 is 0 Å². The van der Waals surface area contributed by atoms with Crippen LogP contribution in [0, 0.1) is 6.92 Å². The smallest absolute Gasteiger partial charge is 0.338 e. The summed E-state index contributed by atoms with van der Waals surface area (Å²) in [7, 11) is -1.14. The van der Waals surface area contributed by atoms with Gasteiger partial charge in [0.25, 0.3) is 8.32 Å². The van der Waals surface area contributed by atoms with Crippen LogP contribution in [-0.4, -0.2) is 46.5 Å². The Labute approximate surface area is 215 Å². The second-order valence-corrected chi connectivity index (χ2v) is 14.7. The van der Waals surface area contributed by atoms with Crippen LogP contribution in [0.15, 0.2) is 84.9 Å². The number of hydrogen-bond donors (Lipinski definition) is 0. The van der Waals surface area contributed by atoms with E-state index in [0.717, 1.165) is 5.56 Å². The van der Waals surface area contributed by atoms with Crippen molar-refractivity contribution in [3.05, 3.63) is 96.1 Å². The highest BCUT2D eigenvalue weighted by Gasteiger charge is 2.51. The first-order valence-corrected chi connectivity index (χ1v) is 14.4. The average molecular weight is 505 g/mol. The minimum atomic E-state index is -2.75. The van der Waals surface area contributed by atoms with Crippen molar-refractivity contribution in [3.8, 4) is 0 Å². The number of rotatable bonds is 8. The molecule has 1 heterocycles. The number of carbonyl (C=O) groups excluding carboxylic acids is 1. The minimum absolute atomic E-state index is 0.164. The van der Waals surface area contributed by atoms with E-state index in [1.165, 1.54) is 10.4 Å². The molecule has 0 aliphatic carbocycles. The Bertz CT molecular complexity index is 1090. The van der Waals surface area contributed by atoms with Gasteiger partial charge in [0.15, 0.2) is 6.29 Å². The van der Waals surface area contributed by atoms with Gasteiger partial charge in [0, 0.05) is 13.5 Å². The molecule has 0 bridgehead atoms. The summed E-state index contributed by atoms with van der Waals surface area (Å²) >= 11 is 0. The van der Waals surface area contributed by atoms with E-state index in [0.29, 0.717) is 18.6 Å². The molecule has 0 aromatic heterocycles. The standard InChI is InChI=1S/C30H36O5Si/c1-22-16-18-23(19-17-22)29(31)35-26-20-28(32-5)34-27(26)21-33-36(30(2,3)4,24-12-8-6-9-13-24)25-14-10-7-11-15-25/h6-19,26-28H,20-21H2,1-5H3/t26-,27+,28-/m0/s1.